The van der Waals surface area contributed by atoms with E-state index in [0.717, 1.165) is 13.0 Å². The zero-order chi connectivity index (χ0) is 38.7. The monoisotopic (exact) mass is 737 g/mol. The van der Waals surface area contributed by atoms with Crippen molar-refractivity contribution >= 4 is 39.1 Å². The maximum atomic E-state index is 18.1. The molecule has 7 rings (SSSR count). The average Bonchev–Trinajstić information content (AvgIpc) is 3.61. The summed E-state index contributed by atoms with van der Waals surface area (Å²) in [4.78, 5) is 46.1. The van der Waals surface area contributed by atoms with Gasteiger partial charge in [0.25, 0.3) is 5.56 Å². The van der Waals surface area contributed by atoms with Gasteiger partial charge in [-0.15, -0.1) is 0 Å². The lowest BCUT2D eigenvalue weighted by molar-refractivity contribution is -0.128. The summed E-state index contributed by atoms with van der Waals surface area (Å²) in [6.07, 6.45) is 5.12. The van der Waals surface area contributed by atoms with Crippen LogP contribution < -0.4 is 15.4 Å². The third-order valence-electron chi connectivity index (χ3n) is 10.9. The highest BCUT2D eigenvalue weighted by molar-refractivity contribution is 6.05. The van der Waals surface area contributed by atoms with E-state index < -0.39 is 17.2 Å². The predicted molar refractivity (Wildman–Crippen MR) is 211 cm³/mol. The molecule has 0 spiro atoms. The lowest BCUT2D eigenvalue weighted by atomic mass is 9.92. The van der Waals surface area contributed by atoms with E-state index >= 15 is 13.6 Å². The van der Waals surface area contributed by atoms with E-state index in [0.29, 0.717) is 76.7 Å². The van der Waals surface area contributed by atoms with Crippen LogP contribution in [0.15, 0.2) is 48.2 Å². The Morgan fingerprint density at radius 1 is 1.02 bits per heavy atom. The molecule has 13 heteroatoms. The highest BCUT2D eigenvalue weighted by Crippen LogP contribution is 2.46. The molecule has 2 aromatic carbocycles. The third-order valence-corrected chi connectivity index (χ3v) is 10.9. The molecule has 54 heavy (non-hydrogen) atoms. The second-order valence-electron chi connectivity index (χ2n) is 15.6. The molecule has 2 atom stereocenters. The molecule has 0 saturated carbocycles. The van der Waals surface area contributed by atoms with Crippen LogP contribution in [0, 0.1) is 18.6 Å². The molecule has 1 saturated heterocycles. The van der Waals surface area contributed by atoms with Gasteiger partial charge in [0.1, 0.15) is 17.8 Å². The maximum Gasteiger partial charge on any atom is 0.281 e. The molecule has 0 bridgehead atoms. The van der Waals surface area contributed by atoms with Crippen molar-refractivity contribution in [3.05, 3.63) is 82.3 Å². The molecule has 1 N–H and O–H groups in total. The van der Waals surface area contributed by atoms with Crippen molar-refractivity contribution in [2.24, 2.45) is 0 Å². The number of aromatic amines is 1. The number of H-pyrrole nitrogens is 1. The van der Waals surface area contributed by atoms with Crippen LogP contribution in [-0.4, -0.2) is 99.3 Å². The summed E-state index contributed by atoms with van der Waals surface area (Å²) >= 11 is 0. The number of nitrogens with one attached hydrogen (secondary N) is 1. The summed E-state index contributed by atoms with van der Waals surface area (Å²) in [6.45, 7) is 17.9. The predicted octanol–water partition coefficient (Wildman–Crippen LogP) is 6.52. The Morgan fingerprint density at radius 2 is 1.72 bits per heavy atom. The smallest absolute Gasteiger partial charge is 0.281 e. The molecule has 0 radical (unpaired) electrons. The summed E-state index contributed by atoms with van der Waals surface area (Å²) in [7, 11) is 4.00. The van der Waals surface area contributed by atoms with Crippen LogP contribution >= 0.6 is 0 Å². The van der Waals surface area contributed by atoms with Gasteiger partial charge in [-0.2, -0.15) is 5.10 Å². The fourth-order valence-corrected chi connectivity index (χ4v) is 8.42. The second-order valence-corrected chi connectivity index (χ2v) is 15.6. The lowest BCUT2D eigenvalue weighted by Crippen LogP contribution is -2.64. The molecule has 2 unspecified atom stereocenters. The Labute approximate surface area is 314 Å². The number of pyridine rings is 1. The fraction of sp³-hybridized carbons (Fsp3) is 0.439. The number of rotatable bonds is 9. The van der Waals surface area contributed by atoms with Crippen molar-refractivity contribution in [1.29, 1.82) is 0 Å². The van der Waals surface area contributed by atoms with E-state index in [1.165, 1.54) is 23.0 Å². The van der Waals surface area contributed by atoms with Crippen LogP contribution in [-0.2, 0) is 4.79 Å². The quantitative estimate of drug-likeness (QED) is 0.171. The summed E-state index contributed by atoms with van der Waals surface area (Å²) < 4.78 is 36.7. The number of hydrogen-bond donors (Lipinski definition) is 1. The van der Waals surface area contributed by atoms with Gasteiger partial charge in [-0.3, -0.25) is 19.3 Å². The van der Waals surface area contributed by atoms with Gasteiger partial charge in [0.05, 0.1) is 51.6 Å². The highest BCUT2D eigenvalue weighted by atomic mass is 19.1. The molecule has 3 aromatic heterocycles. The van der Waals surface area contributed by atoms with Gasteiger partial charge >= 0.3 is 0 Å². The number of aromatic nitrogens is 5. The Hall–Kier alpha value is -5.17. The fourth-order valence-electron chi connectivity index (χ4n) is 8.42. The topological polar surface area (TPSA) is 106 Å². The van der Waals surface area contributed by atoms with Crippen molar-refractivity contribution in [2.75, 3.05) is 56.6 Å². The van der Waals surface area contributed by atoms with E-state index in [2.05, 4.69) is 41.4 Å². The highest BCUT2D eigenvalue weighted by Gasteiger charge is 2.43. The number of amides is 1. The molecule has 2 aliphatic rings. The average molecular weight is 738 g/mol. The Morgan fingerprint density at radius 3 is 2.37 bits per heavy atom. The van der Waals surface area contributed by atoms with Gasteiger partial charge in [0.15, 0.2) is 5.82 Å². The number of piperazine rings is 1. The summed E-state index contributed by atoms with van der Waals surface area (Å²) in [6, 6.07) is 4.52. The number of hydrogen-bond acceptors (Lipinski definition) is 8. The SMILES string of the molecule is C=CC(=O)N1CC2CN(CCCN(C)C)c3c(c4cc(F)c(-c5c(C)ccc6[nH]ncc56)c(F)c4n(-c4c(C(C)C)ncnc4C(C)C)c3=O)N2CC1C. The van der Waals surface area contributed by atoms with Crippen molar-refractivity contribution in [1.82, 2.24) is 34.5 Å². The Balaban J connectivity index is 1.64. The standard InChI is InChI=1S/C41H49F2N9O2/c1-10-31(53)50-20-26-19-49(15-11-14-48(8)9)40-38(51(26)18-25(50)7)27-16-29(42)33(32-24(6)12-13-30-28(32)17-46-47-30)34(43)37(27)52(41(40)54)39-35(22(2)3)44-21-45-36(39)23(4)5/h10,12-13,16-17,21-23,25-26H,1,11,14-15,18-20H2,2-9H3,(H,46,47). The van der Waals surface area contributed by atoms with Crippen molar-refractivity contribution in [2.45, 2.75) is 71.9 Å². The van der Waals surface area contributed by atoms with E-state index in [1.54, 1.807) is 17.2 Å². The van der Waals surface area contributed by atoms with Gasteiger partial charge in [-0.25, -0.2) is 18.7 Å². The first-order valence-corrected chi connectivity index (χ1v) is 18.7. The van der Waals surface area contributed by atoms with Gasteiger partial charge in [-0.1, -0.05) is 40.3 Å². The van der Waals surface area contributed by atoms with Gasteiger partial charge in [-0.05, 0) is 76.5 Å². The van der Waals surface area contributed by atoms with E-state index in [9.17, 15) is 4.79 Å². The van der Waals surface area contributed by atoms with Crippen LogP contribution in [0.2, 0.25) is 0 Å². The van der Waals surface area contributed by atoms with Crippen LogP contribution in [0.3, 0.4) is 0 Å². The number of benzene rings is 2. The number of anilines is 2. The molecule has 1 amide bonds. The van der Waals surface area contributed by atoms with Crippen LogP contribution in [0.4, 0.5) is 20.2 Å². The minimum Gasteiger partial charge on any atom is -0.363 e. The number of fused-ring (bicyclic) bond motifs is 6. The molecular formula is C41H49F2N9O2. The number of nitrogens with zero attached hydrogens (tertiary/aromatic N) is 8. The van der Waals surface area contributed by atoms with E-state index in [-0.39, 0.29) is 46.3 Å². The normalized spacial score (nSPS) is 17.3. The molecule has 284 valence electrons. The molecule has 11 nitrogen and oxygen atoms in total. The zero-order valence-corrected chi connectivity index (χ0v) is 32.4. The van der Waals surface area contributed by atoms with Crippen LogP contribution in [0.5, 0.6) is 0 Å². The summed E-state index contributed by atoms with van der Waals surface area (Å²) in [5.74, 6) is -2.09. The van der Waals surface area contributed by atoms with E-state index in [1.807, 2.05) is 61.7 Å². The largest absolute Gasteiger partial charge is 0.363 e. The van der Waals surface area contributed by atoms with Crippen LogP contribution in [0.25, 0.3) is 38.6 Å². The van der Waals surface area contributed by atoms with Crippen LogP contribution in [0.1, 0.15) is 69.8 Å². The number of halogens is 2. The zero-order valence-electron chi connectivity index (χ0n) is 32.4. The van der Waals surface area contributed by atoms with Crippen molar-refractivity contribution in [3.63, 3.8) is 0 Å². The van der Waals surface area contributed by atoms with E-state index in [4.69, 9.17) is 0 Å². The van der Waals surface area contributed by atoms with Crippen molar-refractivity contribution < 1.29 is 13.6 Å². The summed E-state index contributed by atoms with van der Waals surface area (Å²) in [5.41, 5.74) is 3.40. The van der Waals surface area contributed by atoms with Gasteiger partial charge < -0.3 is 19.6 Å². The molecule has 5 heterocycles. The minimum atomic E-state index is -0.857. The first-order valence-electron chi connectivity index (χ1n) is 18.7. The Bertz CT molecular complexity index is 2320. The summed E-state index contributed by atoms with van der Waals surface area (Å²) in [5, 5.41) is 7.94. The second kappa shape index (κ2) is 14.2. The van der Waals surface area contributed by atoms with Crippen molar-refractivity contribution in [3.8, 4) is 16.8 Å². The number of aryl methyl sites for hydroxylation is 1. The first kappa shape index (κ1) is 37.2. The molecule has 0 aliphatic carbocycles. The maximum absolute atomic E-state index is 18.1. The molecular weight excluding hydrogens is 689 g/mol. The third kappa shape index (κ3) is 6.02. The van der Waals surface area contributed by atoms with Gasteiger partial charge in [0, 0.05) is 48.6 Å². The molecule has 1 fully saturated rings. The minimum absolute atomic E-state index is 0.0419. The first-order chi connectivity index (χ1) is 25.7. The lowest BCUT2D eigenvalue weighted by Gasteiger charge is -2.52. The van der Waals surface area contributed by atoms with Gasteiger partial charge in [0.2, 0.25) is 5.91 Å². The number of carbonyl (C=O) groups excluding carboxylic acids is 1. The molecule has 2 aliphatic heterocycles. The number of carbonyl (C=O) groups is 1. The molecule has 5 aromatic rings. The Kier molecular flexibility index (Phi) is 9.80.